The fraction of sp³-hybridized carbons (Fsp3) is 0.294. The van der Waals surface area contributed by atoms with Crippen LogP contribution in [0, 0.1) is 24.2 Å². The molecule has 92 heavy (non-hydrogen) atoms. The molecule has 0 atom stereocenters. The van der Waals surface area contributed by atoms with Crippen molar-refractivity contribution in [2.45, 2.75) is 158 Å². The van der Waals surface area contributed by atoms with Gasteiger partial charge in [-0.1, -0.05) is 232 Å². The largest absolute Gasteiger partial charge is 0.509 e. The van der Waals surface area contributed by atoms with Gasteiger partial charge in [-0.25, -0.2) is 4.98 Å². The van der Waals surface area contributed by atoms with E-state index in [0.717, 1.165) is 77.4 Å². The Bertz CT molecular complexity index is 5200. The maximum absolute atomic E-state index is 9.71. The zero-order valence-electron chi connectivity index (χ0n) is 64.4. The first-order chi connectivity index (χ1) is 46.1. The molecular weight excluding hydrogens is 1300 g/mol. The molecule has 7 heteroatoms. The van der Waals surface area contributed by atoms with E-state index in [0.29, 0.717) is 67.6 Å². The SMILES string of the molecule is [2H]c1cc(C(C)(C)C(C)(C)C)cc(-n2c3[c-]c(Oc4[c-]c(N5[CH-]N(c6c(-c7cc(C(C)(C)C)cc(C(C)(C)C)c7)cc(C(C)(C)C)cc6-c6c([2H])c([2H])c([2H])c([2H])c6[2H])c6ccccc65)cc(-c5c(C([2H])(C)C)cccc5C([2H])(C)C)c4)ccc3c3c4oc5ccccc5c4ccc32)n1.[Pt]. The van der Waals surface area contributed by atoms with Crippen LogP contribution in [0.3, 0.4) is 0 Å². The Hall–Kier alpha value is -8.18. The van der Waals surface area contributed by atoms with Gasteiger partial charge in [0.1, 0.15) is 17.0 Å². The van der Waals surface area contributed by atoms with E-state index in [1.54, 1.807) is 0 Å². The molecule has 0 bridgehead atoms. The third-order valence-electron chi connectivity index (χ3n) is 19.0. The fourth-order valence-corrected chi connectivity index (χ4v) is 12.7. The van der Waals surface area contributed by atoms with Crippen molar-refractivity contribution in [2.75, 3.05) is 9.80 Å². The third-order valence-corrected chi connectivity index (χ3v) is 19.0. The Kier molecular flexibility index (Phi) is 13.9. The van der Waals surface area contributed by atoms with E-state index in [1.165, 1.54) is 0 Å². The number of nitrogens with zero attached hydrogens (tertiary/aromatic N) is 4. The number of hydrogen-bond acceptors (Lipinski definition) is 5. The quantitative estimate of drug-likeness (QED) is 0.121. The standard InChI is InChI=1S/C85H87N4O2.Pt/c1-52(2)64-30-26-31-65(53(3)4)77(64)56-43-61(49-63(44-56)90-62-35-36-68-74(50-62)89(76-48-57(39-40-86-76)85(17,18)84(14,15)16)73-38-37-67-66-29-22-25-34-75(66)91-80(67)78(68)73)87-51-88(72-33-24-23-32-71(72)87)79-69(54-27-20-19-21-28-54)46-60(83(11,12)13)47-70(79)55-41-58(81(5,6)7)45-59(42-55)82(8,9)10;/h19-48,51-53H,1-18H3;/q-3;/i19D,20D,21D,27D,28D,40D,52D,53D;. The molecule has 1 aliphatic rings. The van der Waals surface area contributed by atoms with Crippen LogP contribution in [0.15, 0.2) is 186 Å². The number of rotatable bonds is 11. The van der Waals surface area contributed by atoms with Gasteiger partial charge >= 0.3 is 0 Å². The first-order valence-corrected chi connectivity index (χ1v) is 31.8. The molecule has 9 aromatic carbocycles. The maximum Gasteiger partial charge on any atom is 0.135 e. The minimum Gasteiger partial charge on any atom is -0.509 e. The molecule has 0 unspecified atom stereocenters. The summed E-state index contributed by atoms with van der Waals surface area (Å²) in [7, 11) is 0. The maximum atomic E-state index is 9.71. The van der Waals surface area contributed by atoms with Crippen LogP contribution in [0.5, 0.6) is 11.5 Å². The summed E-state index contributed by atoms with van der Waals surface area (Å²) < 4.78 is 91.2. The first kappa shape index (κ1) is 54.4. The summed E-state index contributed by atoms with van der Waals surface area (Å²) in [5, 5.41) is 3.66. The third kappa shape index (κ3) is 11.4. The predicted molar refractivity (Wildman–Crippen MR) is 385 cm³/mol. The molecule has 3 aromatic heterocycles. The number of fused-ring (bicyclic) bond motifs is 8. The van der Waals surface area contributed by atoms with Crippen LogP contribution in [0.1, 0.15) is 181 Å². The second-order valence-electron chi connectivity index (χ2n) is 29.8. The van der Waals surface area contributed by atoms with Crippen molar-refractivity contribution < 1.29 is 41.2 Å². The summed E-state index contributed by atoms with van der Waals surface area (Å²) in [6.45, 7) is 40.1. The summed E-state index contributed by atoms with van der Waals surface area (Å²) in [4.78, 5) is 9.09. The number of anilines is 4. The number of pyridine rings is 1. The molecule has 6 nitrogen and oxygen atoms in total. The molecule has 0 saturated carbocycles. The van der Waals surface area contributed by atoms with Gasteiger partial charge in [-0.15, -0.1) is 48.3 Å². The summed E-state index contributed by atoms with van der Waals surface area (Å²) >= 11 is 0. The molecule has 0 radical (unpaired) electrons. The Morgan fingerprint density at radius 3 is 1.77 bits per heavy atom. The van der Waals surface area contributed by atoms with Crippen LogP contribution < -0.4 is 14.5 Å². The van der Waals surface area contributed by atoms with Crippen molar-refractivity contribution in [1.29, 1.82) is 0 Å². The molecule has 4 heterocycles. The minimum absolute atomic E-state index is 0. The molecule has 0 amide bonds. The molecule has 13 rings (SSSR count). The van der Waals surface area contributed by atoms with Crippen molar-refractivity contribution in [3.63, 3.8) is 0 Å². The van der Waals surface area contributed by atoms with Gasteiger partial charge in [0.25, 0.3) is 0 Å². The van der Waals surface area contributed by atoms with E-state index in [4.69, 9.17) is 18.3 Å². The normalized spacial score (nSPS) is 14.8. The van der Waals surface area contributed by atoms with Crippen LogP contribution in [0.25, 0.3) is 82.9 Å². The Morgan fingerprint density at radius 1 is 0.543 bits per heavy atom. The summed E-state index contributed by atoms with van der Waals surface area (Å²) in [5.74, 6) is -1.05. The van der Waals surface area contributed by atoms with E-state index in [1.807, 2.05) is 136 Å². The van der Waals surface area contributed by atoms with Crippen molar-refractivity contribution in [1.82, 2.24) is 9.55 Å². The number of benzene rings is 9. The monoisotopic (exact) mass is 1400 g/mol. The zero-order chi connectivity index (χ0) is 71.5. The molecule has 0 N–H and O–H groups in total. The van der Waals surface area contributed by atoms with E-state index in [9.17, 15) is 6.85 Å². The first-order valence-electron chi connectivity index (χ1n) is 35.8. The topological polar surface area (TPSA) is 46.7 Å². The molecule has 1 aliphatic heterocycles. The average molecular weight is 1400 g/mol. The van der Waals surface area contributed by atoms with Crippen LogP contribution in [0.2, 0.25) is 0 Å². The number of aromatic nitrogens is 2. The molecule has 472 valence electrons. The van der Waals surface area contributed by atoms with Gasteiger partial charge in [-0.3, -0.25) is 0 Å². The molecule has 0 spiro atoms. The Morgan fingerprint density at radius 2 is 1.14 bits per heavy atom. The van der Waals surface area contributed by atoms with Gasteiger partial charge in [-0.2, -0.15) is 6.07 Å². The molecule has 12 aromatic rings. The minimum atomic E-state index is -1.13. The molecule has 0 fully saturated rings. The van der Waals surface area contributed by atoms with Gasteiger partial charge in [0.2, 0.25) is 0 Å². The predicted octanol–water partition coefficient (Wildman–Crippen LogP) is 24.3. The van der Waals surface area contributed by atoms with Crippen LogP contribution in [0.4, 0.5) is 22.7 Å². The second-order valence-corrected chi connectivity index (χ2v) is 29.8. The van der Waals surface area contributed by atoms with Gasteiger partial charge in [0.15, 0.2) is 0 Å². The van der Waals surface area contributed by atoms with Crippen LogP contribution in [-0.2, 0) is 42.7 Å². The summed E-state index contributed by atoms with van der Waals surface area (Å²) in [6.07, 6.45) is 0.129. The van der Waals surface area contributed by atoms with Crippen molar-refractivity contribution in [3.05, 3.63) is 234 Å². The van der Waals surface area contributed by atoms with E-state index in [2.05, 4.69) is 167 Å². The molecule has 0 aliphatic carbocycles. The van der Waals surface area contributed by atoms with E-state index < -0.39 is 35.3 Å². The number of furan rings is 1. The smallest absolute Gasteiger partial charge is 0.135 e. The van der Waals surface area contributed by atoms with E-state index >= 15 is 0 Å². The van der Waals surface area contributed by atoms with E-state index in [-0.39, 0.29) is 66.5 Å². The number of para-hydroxylation sites is 3. The molecular formula is C85H87N4O2Pt-3. The Balaban J connectivity index is 0.00000948. The van der Waals surface area contributed by atoms with Crippen molar-refractivity contribution in [2.24, 2.45) is 5.41 Å². The Labute approximate surface area is 572 Å². The van der Waals surface area contributed by atoms with Crippen molar-refractivity contribution >= 4 is 66.5 Å². The second kappa shape index (κ2) is 23.4. The summed E-state index contributed by atoms with van der Waals surface area (Å²) in [5.41, 5.74) is 13.2. The molecule has 0 saturated heterocycles. The summed E-state index contributed by atoms with van der Waals surface area (Å²) in [6, 6.07) is 54.4. The van der Waals surface area contributed by atoms with Gasteiger partial charge < -0.3 is 23.5 Å². The van der Waals surface area contributed by atoms with Gasteiger partial charge in [0.05, 0.1) is 8.22 Å². The number of ether oxygens (including phenoxy) is 1. The van der Waals surface area contributed by atoms with Gasteiger partial charge in [-0.05, 0) is 149 Å². The van der Waals surface area contributed by atoms with Crippen molar-refractivity contribution in [3.8, 4) is 50.7 Å². The zero-order valence-corrected chi connectivity index (χ0v) is 58.6. The fourth-order valence-electron chi connectivity index (χ4n) is 12.7. The van der Waals surface area contributed by atoms with Crippen LogP contribution in [-0.4, -0.2) is 9.55 Å². The van der Waals surface area contributed by atoms with Crippen LogP contribution >= 0.6 is 0 Å². The number of hydrogen-bond donors (Lipinski definition) is 0. The average Bonchev–Trinajstić information content (AvgIpc) is 1.50. The van der Waals surface area contributed by atoms with Gasteiger partial charge in [0, 0.05) is 86.0 Å².